The molecule has 1 rings (SSSR count). The highest BCUT2D eigenvalue weighted by Gasteiger charge is 2.21. The van der Waals surface area contributed by atoms with E-state index < -0.39 is 0 Å². The minimum absolute atomic E-state index is 0.0000819. The summed E-state index contributed by atoms with van der Waals surface area (Å²) in [5.74, 6) is 0.615. The van der Waals surface area contributed by atoms with Crippen LogP contribution >= 0.6 is 0 Å². The summed E-state index contributed by atoms with van der Waals surface area (Å²) in [6, 6.07) is 0.0000819. The third-order valence-electron chi connectivity index (χ3n) is 4.20. The van der Waals surface area contributed by atoms with E-state index in [1.165, 1.54) is 19.3 Å². The molecule has 5 heteroatoms. The summed E-state index contributed by atoms with van der Waals surface area (Å²) in [4.78, 5) is 13.5. The Kier molecular flexibility index (Phi) is 8.11. The van der Waals surface area contributed by atoms with Crippen molar-refractivity contribution in [3.05, 3.63) is 0 Å². The maximum atomic E-state index is 11.7. The number of rotatable bonds is 8. The van der Waals surface area contributed by atoms with Gasteiger partial charge in [-0.15, -0.1) is 0 Å². The molecule has 1 saturated carbocycles. The van der Waals surface area contributed by atoms with Gasteiger partial charge in [0.2, 0.25) is 5.91 Å². The van der Waals surface area contributed by atoms with Crippen LogP contribution in [0.25, 0.3) is 0 Å². The van der Waals surface area contributed by atoms with Crippen molar-refractivity contribution >= 4 is 5.91 Å². The lowest BCUT2D eigenvalue weighted by atomic mass is 9.88. The van der Waals surface area contributed by atoms with Crippen LogP contribution in [0.2, 0.25) is 0 Å². The van der Waals surface area contributed by atoms with E-state index in [9.17, 15) is 4.79 Å². The van der Waals surface area contributed by atoms with Crippen LogP contribution < -0.4 is 5.32 Å². The molecule has 0 aromatic heterocycles. The molecule has 0 spiro atoms. The zero-order valence-electron chi connectivity index (χ0n) is 13.1. The molecule has 0 saturated heterocycles. The summed E-state index contributed by atoms with van der Waals surface area (Å²) < 4.78 is 5.85. The summed E-state index contributed by atoms with van der Waals surface area (Å²) in [5.41, 5.74) is 0. The van der Waals surface area contributed by atoms with Crippen LogP contribution in [0.1, 0.15) is 39.5 Å². The van der Waals surface area contributed by atoms with Gasteiger partial charge in [0, 0.05) is 12.6 Å². The Morgan fingerprint density at radius 3 is 2.80 bits per heavy atom. The van der Waals surface area contributed by atoms with Gasteiger partial charge in [0.25, 0.3) is 0 Å². The first kappa shape index (κ1) is 17.4. The van der Waals surface area contributed by atoms with E-state index in [0.29, 0.717) is 31.7 Å². The average molecular weight is 286 g/mol. The molecule has 1 amide bonds. The first-order valence-corrected chi connectivity index (χ1v) is 7.74. The Morgan fingerprint density at radius 2 is 2.15 bits per heavy atom. The highest BCUT2D eigenvalue weighted by Crippen LogP contribution is 2.25. The first-order valence-electron chi connectivity index (χ1n) is 7.74. The molecule has 1 aliphatic rings. The average Bonchev–Trinajstić information content (AvgIpc) is 2.44. The van der Waals surface area contributed by atoms with E-state index >= 15 is 0 Å². The van der Waals surface area contributed by atoms with Crippen LogP contribution in [0.4, 0.5) is 0 Å². The summed E-state index contributed by atoms with van der Waals surface area (Å²) in [6.45, 7) is 5.64. The molecule has 1 aliphatic carbocycles. The SMILES string of the molecule is CC1CCCCC1OCCNC(=O)CN(C)C(C)CO. The lowest BCUT2D eigenvalue weighted by Crippen LogP contribution is -2.42. The number of ether oxygens (including phenoxy) is 1. The predicted molar refractivity (Wildman–Crippen MR) is 79.6 cm³/mol. The van der Waals surface area contributed by atoms with Crippen molar-refractivity contribution in [3.8, 4) is 0 Å². The molecule has 0 heterocycles. The molecule has 0 aromatic rings. The molecule has 0 aliphatic heterocycles. The van der Waals surface area contributed by atoms with Gasteiger partial charge in [-0.05, 0) is 32.7 Å². The van der Waals surface area contributed by atoms with Crippen molar-refractivity contribution < 1.29 is 14.6 Å². The fourth-order valence-electron chi connectivity index (χ4n) is 2.51. The largest absolute Gasteiger partial charge is 0.395 e. The monoisotopic (exact) mass is 286 g/mol. The minimum Gasteiger partial charge on any atom is -0.395 e. The van der Waals surface area contributed by atoms with E-state index in [0.717, 1.165) is 6.42 Å². The third kappa shape index (κ3) is 6.20. The van der Waals surface area contributed by atoms with Crippen LogP contribution in [0, 0.1) is 5.92 Å². The number of aliphatic hydroxyl groups is 1. The number of likely N-dealkylation sites (N-methyl/N-ethyl adjacent to an activating group) is 1. The number of carbonyl (C=O) groups excluding carboxylic acids is 1. The fraction of sp³-hybridized carbons (Fsp3) is 0.933. The minimum atomic E-state index is -0.0203. The molecule has 3 unspecified atom stereocenters. The lowest BCUT2D eigenvalue weighted by Gasteiger charge is -2.28. The molecule has 0 radical (unpaired) electrons. The van der Waals surface area contributed by atoms with Gasteiger partial charge in [0.15, 0.2) is 0 Å². The van der Waals surface area contributed by atoms with E-state index in [-0.39, 0.29) is 18.6 Å². The number of nitrogens with one attached hydrogen (secondary N) is 1. The Hall–Kier alpha value is -0.650. The zero-order chi connectivity index (χ0) is 15.0. The van der Waals surface area contributed by atoms with Crippen LogP contribution in [0.15, 0.2) is 0 Å². The number of hydrogen-bond acceptors (Lipinski definition) is 4. The zero-order valence-corrected chi connectivity index (χ0v) is 13.1. The molecule has 3 atom stereocenters. The van der Waals surface area contributed by atoms with Crippen molar-refractivity contribution in [2.24, 2.45) is 5.92 Å². The molecule has 1 fully saturated rings. The van der Waals surface area contributed by atoms with Gasteiger partial charge in [-0.1, -0.05) is 19.8 Å². The van der Waals surface area contributed by atoms with Crippen LogP contribution in [-0.4, -0.2) is 61.4 Å². The maximum absolute atomic E-state index is 11.7. The van der Waals surface area contributed by atoms with Gasteiger partial charge < -0.3 is 15.2 Å². The van der Waals surface area contributed by atoms with Crippen molar-refractivity contribution in [1.29, 1.82) is 0 Å². The Balaban J connectivity index is 2.09. The Bertz CT molecular complexity index is 286. The van der Waals surface area contributed by atoms with Gasteiger partial charge in [-0.3, -0.25) is 9.69 Å². The molecule has 0 aromatic carbocycles. The van der Waals surface area contributed by atoms with Gasteiger partial charge in [-0.2, -0.15) is 0 Å². The maximum Gasteiger partial charge on any atom is 0.234 e. The van der Waals surface area contributed by atoms with E-state index in [4.69, 9.17) is 9.84 Å². The third-order valence-corrected chi connectivity index (χ3v) is 4.20. The second-order valence-corrected chi connectivity index (χ2v) is 5.97. The van der Waals surface area contributed by atoms with Gasteiger partial charge in [0.1, 0.15) is 0 Å². The second-order valence-electron chi connectivity index (χ2n) is 5.97. The van der Waals surface area contributed by atoms with Crippen molar-refractivity contribution in [2.45, 2.75) is 51.7 Å². The highest BCUT2D eigenvalue weighted by molar-refractivity contribution is 5.77. The molecule has 0 bridgehead atoms. The van der Waals surface area contributed by atoms with E-state index in [1.54, 1.807) is 0 Å². The normalized spacial score (nSPS) is 24.6. The summed E-state index contributed by atoms with van der Waals surface area (Å²) >= 11 is 0. The molecular formula is C15H30N2O3. The van der Waals surface area contributed by atoms with Crippen molar-refractivity contribution in [3.63, 3.8) is 0 Å². The Morgan fingerprint density at radius 1 is 1.45 bits per heavy atom. The molecule has 5 nitrogen and oxygen atoms in total. The Labute approximate surface area is 122 Å². The predicted octanol–water partition coefficient (Wildman–Crippen LogP) is 1.01. The van der Waals surface area contributed by atoms with E-state index in [2.05, 4.69) is 12.2 Å². The van der Waals surface area contributed by atoms with Gasteiger partial charge in [-0.25, -0.2) is 0 Å². The lowest BCUT2D eigenvalue weighted by molar-refractivity contribution is -0.123. The fourth-order valence-corrected chi connectivity index (χ4v) is 2.51. The molecule has 20 heavy (non-hydrogen) atoms. The summed E-state index contributed by atoms with van der Waals surface area (Å²) in [7, 11) is 1.83. The number of hydrogen-bond donors (Lipinski definition) is 2. The highest BCUT2D eigenvalue weighted by atomic mass is 16.5. The quantitative estimate of drug-likeness (QED) is 0.654. The van der Waals surface area contributed by atoms with Gasteiger partial charge >= 0.3 is 0 Å². The van der Waals surface area contributed by atoms with E-state index in [1.807, 2.05) is 18.9 Å². The first-order chi connectivity index (χ1) is 9.54. The number of aliphatic hydroxyl groups excluding tert-OH is 1. The summed E-state index contributed by atoms with van der Waals surface area (Å²) in [6.07, 6.45) is 5.32. The number of amides is 1. The summed E-state index contributed by atoms with van der Waals surface area (Å²) in [5, 5.41) is 11.9. The topological polar surface area (TPSA) is 61.8 Å². The smallest absolute Gasteiger partial charge is 0.234 e. The number of carbonyl (C=O) groups is 1. The van der Waals surface area contributed by atoms with Gasteiger partial charge in [0.05, 0.1) is 25.9 Å². The van der Waals surface area contributed by atoms with Crippen LogP contribution in [-0.2, 0) is 9.53 Å². The van der Waals surface area contributed by atoms with Crippen LogP contribution in [0.5, 0.6) is 0 Å². The molecule has 118 valence electrons. The second kappa shape index (κ2) is 9.32. The molecule has 2 N–H and O–H groups in total. The standard InChI is InChI=1S/C15H30N2O3/c1-12-6-4-5-7-14(12)20-9-8-16-15(19)10-17(3)13(2)11-18/h12-14,18H,4-11H2,1-3H3,(H,16,19). The van der Waals surface area contributed by atoms with Crippen molar-refractivity contribution in [1.82, 2.24) is 10.2 Å². The molecular weight excluding hydrogens is 256 g/mol. The van der Waals surface area contributed by atoms with Crippen molar-refractivity contribution in [2.75, 3.05) is 33.4 Å². The number of nitrogens with zero attached hydrogens (tertiary/aromatic N) is 1. The van der Waals surface area contributed by atoms with Crippen LogP contribution in [0.3, 0.4) is 0 Å².